The van der Waals surface area contributed by atoms with Crippen LogP contribution < -0.4 is 10.1 Å². The fourth-order valence-electron chi connectivity index (χ4n) is 2.69. The summed E-state index contributed by atoms with van der Waals surface area (Å²) >= 11 is 0. The number of ether oxygens (including phenoxy) is 1. The zero-order valence-corrected chi connectivity index (χ0v) is 15.6. The quantitative estimate of drug-likeness (QED) is 0.689. The summed E-state index contributed by atoms with van der Waals surface area (Å²) in [5, 5.41) is 14.0. The van der Waals surface area contributed by atoms with E-state index >= 15 is 0 Å². The van der Waals surface area contributed by atoms with Crippen molar-refractivity contribution in [3.05, 3.63) is 59.9 Å². The second-order valence-corrected chi connectivity index (χ2v) is 6.38. The van der Waals surface area contributed by atoms with Crippen molar-refractivity contribution in [2.75, 3.05) is 26.0 Å². The number of benzene rings is 2. The zero-order valence-electron chi connectivity index (χ0n) is 15.6. The van der Waals surface area contributed by atoms with Gasteiger partial charge in [-0.05, 0) is 36.0 Å². The molecule has 8 nitrogen and oxygen atoms in total. The number of carbonyl (C=O) groups is 1. The van der Waals surface area contributed by atoms with Gasteiger partial charge in [0.1, 0.15) is 12.1 Å². The molecule has 3 aromatic rings. The van der Waals surface area contributed by atoms with Crippen LogP contribution in [0.15, 0.2) is 48.8 Å². The SMILES string of the molecule is COc1cc(NC(=O)CN(C)Cc2ccc(C)cc2)cc(-n2cnnn2)c1. The van der Waals surface area contributed by atoms with Crippen molar-refractivity contribution in [2.45, 2.75) is 13.5 Å². The molecule has 140 valence electrons. The molecule has 2 aromatic carbocycles. The highest BCUT2D eigenvalue weighted by Crippen LogP contribution is 2.23. The molecule has 3 rings (SSSR count). The van der Waals surface area contributed by atoms with Gasteiger partial charge in [-0.25, -0.2) is 4.68 Å². The van der Waals surface area contributed by atoms with Crippen LogP contribution in [-0.2, 0) is 11.3 Å². The van der Waals surface area contributed by atoms with Gasteiger partial charge < -0.3 is 10.1 Å². The summed E-state index contributed by atoms with van der Waals surface area (Å²) in [4.78, 5) is 14.4. The van der Waals surface area contributed by atoms with Crippen LogP contribution in [0, 0.1) is 6.92 Å². The number of amides is 1. The van der Waals surface area contributed by atoms with E-state index in [4.69, 9.17) is 4.74 Å². The fourth-order valence-corrected chi connectivity index (χ4v) is 2.69. The molecule has 0 spiro atoms. The Hall–Kier alpha value is -3.26. The number of aromatic nitrogens is 4. The number of methoxy groups -OCH3 is 1. The van der Waals surface area contributed by atoms with Gasteiger partial charge >= 0.3 is 0 Å². The maximum Gasteiger partial charge on any atom is 0.238 e. The molecule has 0 atom stereocenters. The molecule has 0 bridgehead atoms. The molecule has 1 amide bonds. The van der Waals surface area contributed by atoms with Gasteiger partial charge in [-0.2, -0.15) is 0 Å². The smallest absolute Gasteiger partial charge is 0.238 e. The van der Waals surface area contributed by atoms with Crippen LogP contribution in [0.1, 0.15) is 11.1 Å². The first-order valence-electron chi connectivity index (χ1n) is 8.50. The molecule has 8 heteroatoms. The number of nitrogens with one attached hydrogen (secondary N) is 1. The van der Waals surface area contributed by atoms with E-state index in [0.717, 1.165) is 0 Å². The summed E-state index contributed by atoms with van der Waals surface area (Å²) in [7, 11) is 3.48. The molecular formula is C19H22N6O2. The van der Waals surface area contributed by atoms with Crippen LogP contribution in [-0.4, -0.2) is 51.7 Å². The Morgan fingerprint density at radius 2 is 2.00 bits per heavy atom. The van der Waals surface area contributed by atoms with Gasteiger partial charge in [0.25, 0.3) is 0 Å². The number of rotatable bonds is 7. The van der Waals surface area contributed by atoms with E-state index in [0.29, 0.717) is 23.7 Å². The maximum atomic E-state index is 12.4. The van der Waals surface area contributed by atoms with Crippen LogP contribution in [0.5, 0.6) is 5.75 Å². The summed E-state index contributed by atoms with van der Waals surface area (Å²) < 4.78 is 6.80. The maximum absolute atomic E-state index is 12.4. The van der Waals surface area contributed by atoms with E-state index in [-0.39, 0.29) is 12.5 Å². The van der Waals surface area contributed by atoms with E-state index in [9.17, 15) is 4.79 Å². The van der Waals surface area contributed by atoms with E-state index in [1.807, 2.05) is 11.9 Å². The number of hydrogen-bond donors (Lipinski definition) is 1. The van der Waals surface area contributed by atoms with E-state index in [2.05, 4.69) is 52.0 Å². The van der Waals surface area contributed by atoms with Gasteiger partial charge in [0.15, 0.2) is 0 Å². The molecule has 27 heavy (non-hydrogen) atoms. The van der Waals surface area contributed by atoms with Crippen molar-refractivity contribution in [1.82, 2.24) is 25.1 Å². The monoisotopic (exact) mass is 366 g/mol. The highest BCUT2D eigenvalue weighted by molar-refractivity contribution is 5.92. The highest BCUT2D eigenvalue weighted by atomic mass is 16.5. The predicted molar refractivity (Wildman–Crippen MR) is 102 cm³/mol. The molecule has 0 saturated carbocycles. The van der Waals surface area contributed by atoms with Crippen LogP contribution in [0.3, 0.4) is 0 Å². The van der Waals surface area contributed by atoms with Gasteiger partial charge in [-0.15, -0.1) is 5.10 Å². The second kappa shape index (κ2) is 8.41. The van der Waals surface area contributed by atoms with Crippen LogP contribution in [0.2, 0.25) is 0 Å². The highest BCUT2D eigenvalue weighted by Gasteiger charge is 2.10. The first-order chi connectivity index (χ1) is 13.0. The summed E-state index contributed by atoms with van der Waals surface area (Å²) in [6.45, 7) is 3.02. The average Bonchev–Trinajstić information content (AvgIpc) is 3.18. The number of likely N-dealkylation sites (N-methyl/N-ethyl adjacent to an activating group) is 1. The van der Waals surface area contributed by atoms with Gasteiger partial charge in [0, 0.05) is 24.4 Å². The number of aryl methyl sites for hydroxylation is 1. The fraction of sp³-hybridized carbons (Fsp3) is 0.263. The standard InChI is InChI=1S/C19H22N6O2/c1-14-4-6-15(7-5-14)11-24(2)12-19(26)21-16-8-17(10-18(9-16)27-3)25-13-20-22-23-25/h4-10,13H,11-12H2,1-3H3,(H,21,26). The largest absolute Gasteiger partial charge is 0.497 e. The molecular weight excluding hydrogens is 344 g/mol. The molecule has 1 N–H and O–H groups in total. The molecule has 0 fully saturated rings. The normalized spacial score (nSPS) is 10.8. The lowest BCUT2D eigenvalue weighted by Gasteiger charge is -2.17. The molecule has 0 aliphatic carbocycles. The first kappa shape index (κ1) is 18.5. The van der Waals surface area contributed by atoms with Gasteiger partial charge in [-0.1, -0.05) is 29.8 Å². The third-order valence-corrected chi connectivity index (χ3v) is 4.01. The minimum Gasteiger partial charge on any atom is -0.497 e. The summed E-state index contributed by atoms with van der Waals surface area (Å²) in [6, 6.07) is 13.6. The van der Waals surface area contributed by atoms with Crippen LogP contribution in [0.25, 0.3) is 5.69 Å². The van der Waals surface area contributed by atoms with Crippen LogP contribution >= 0.6 is 0 Å². The summed E-state index contributed by atoms with van der Waals surface area (Å²) in [6.07, 6.45) is 1.48. The van der Waals surface area contributed by atoms with Crippen molar-refractivity contribution in [3.8, 4) is 11.4 Å². The number of tetrazole rings is 1. The molecule has 1 heterocycles. The third-order valence-electron chi connectivity index (χ3n) is 4.01. The van der Waals surface area contributed by atoms with Crippen LogP contribution in [0.4, 0.5) is 5.69 Å². The van der Waals surface area contributed by atoms with Gasteiger partial charge in [-0.3, -0.25) is 9.69 Å². The summed E-state index contributed by atoms with van der Waals surface area (Å²) in [5.41, 5.74) is 3.70. The number of hydrogen-bond acceptors (Lipinski definition) is 6. The lowest BCUT2D eigenvalue weighted by Crippen LogP contribution is -2.29. The second-order valence-electron chi connectivity index (χ2n) is 6.38. The Kier molecular flexibility index (Phi) is 5.77. The van der Waals surface area contributed by atoms with Crippen molar-refractivity contribution in [3.63, 3.8) is 0 Å². The van der Waals surface area contributed by atoms with Gasteiger partial charge in [0.05, 0.1) is 19.3 Å². The Bertz CT molecular complexity index is 893. The average molecular weight is 366 g/mol. The molecule has 0 radical (unpaired) electrons. The molecule has 0 aliphatic rings. The van der Waals surface area contributed by atoms with Crippen molar-refractivity contribution >= 4 is 11.6 Å². The van der Waals surface area contributed by atoms with Crippen molar-refractivity contribution in [1.29, 1.82) is 0 Å². The van der Waals surface area contributed by atoms with Crippen molar-refractivity contribution < 1.29 is 9.53 Å². The number of nitrogens with zero attached hydrogens (tertiary/aromatic N) is 5. The Labute approximate surface area is 157 Å². The summed E-state index contributed by atoms with van der Waals surface area (Å²) in [5.74, 6) is 0.492. The number of anilines is 1. The minimum atomic E-state index is -0.111. The lowest BCUT2D eigenvalue weighted by atomic mass is 10.1. The molecule has 1 aromatic heterocycles. The van der Waals surface area contributed by atoms with Gasteiger partial charge in [0.2, 0.25) is 5.91 Å². The first-order valence-corrected chi connectivity index (χ1v) is 8.50. The zero-order chi connectivity index (χ0) is 19.2. The Morgan fingerprint density at radius 1 is 1.22 bits per heavy atom. The third kappa shape index (κ3) is 5.11. The molecule has 0 unspecified atom stereocenters. The number of carbonyl (C=O) groups excluding carboxylic acids is 1. The van der Waals surface area contributed by atoms with E-state index < -0.39 is 0 Å². The molecule has 0 aliphatic heterocycles. The Balaban J connectivity index is 1.64. The minimum absolute atomic E-state index is 0.111. The molecule has 0 saturated heterocycles. The lowest BCUT2D eigenvalue weighted by molar-refractivity contribution is -0.117. The predicted octanol–water partition coefficient (Wildman–Crippen LogP) is 2.05. The Morgan fingerprint density at radius 3 is 2.67 bits per heavy atom. The van der Waals surface area contributed by atoms with E-state index in [1.54, 1.807) is 25.3 Å². The van der Waals surface area contributed by atoms with Crippen molar-refractivity contribution in [2.24, 2.45) is 0 Å². The topological polar surface area (TPSA) is 85.2 Å². The van der Waals surface area contributed by atoms with E-state index in [1.165, 1.54) is 22.1 Å².